The summed E-state index contributed by atoms with van der Waals surface area (Å²) >= 11 is 0. The maximum atomic E-state index is 12.1. The second-order valence-corrected chi connectivity index (χ2v) is 5.37. The third kappa shape index (κ3) is 6.88. The Labute approximate surface area is 126 Å². The van der Waals surface area contributed by atoms with Crippen LogP contribution >= 0.6 is 0 Å². The van der Waals surface area contributed by atoms with E-state index in [2.05, 4.69) is 10.2 Å². The Morgan fingerprint density at radius 1 is 1.29 bits per heavy atom. The van der Waals surface area contributed by atoms with E-state index in [1.807, 2.05) is 11.8 Å². The number of amides is 1. The van der Waals surface area contributed by atoms with Crippen LogP contribution in [0.5, 0.6) is 0 Å². The zero-order valence-electron chi connectivity index (χ0n) is 13.0. The van der Waals surface area contributed by atoms with Crippen LogP contribution in [0.2, 0.25) is 0 Å². The molecule has 1 aliphatic heterocycles. The second-order valence-electron chi connectivity index (χ2n) is 5.37. The molecule has 1 aliphatic rings. The van der Waals surface area contributed by atoms with E-state index in [0.29, 0.717) is 19.7 Å². The van der Waals surface area contributed by atoms with Crippen molar-refractivity contribution in [3.05, 3.63) is 0 Å². The van der Waals surface area contributed by atoms with Gasteiger partial charge in [0.1, 0.15) is 0 Å². The molecule has 1 saturated heterocycles. The number of methoxy groups -OCH3 is 1. The van der Waals surface area contributed by atoms with E-state index in [1.54, 1.807) is 7.11 Å². The summed E-state index contributed by atoms with van der Waals surface area (Å²) in [6.45, 7) is 6.24. The molecule has 21 heavy (non-hydrogen) atoms. The van der Waals surface area contributed by atoms with Gasteiger partial charge in [-0.05, 0) is 19.8 Å². The van der Waals surface area contributed by atoms with E-state index >= 15 is 0 Å². The zero-order valence-corrected chi connectivity index (χ0v) is 13.0. The number of carbonyl (C=O) groups is 2. The number of carboxylic acid groups (broad SMARTS) is 1. The monoisotopic (exact) mass is 301 g/mol. The average Bonchev–Trinajstić information content (AvgIpc) is 2.67. The van der Waals surface area contributed by atoms with Gasteiger partial charge in [0.15, 0.2) is 0 Å². The first kappa shape index (κ1) is 17.9. The molecule has 1 rings (SSSR count). The quantitative estimate of drug-likeness (QED) is 0.595. The van der Waals surface area contributed by atoms with E-state index in [9.17, 15) is 9.59 Å². The summed E-state index contributed by atoms with van der Waals surface area (Å²) in [5.41, 5.74) is 0. The van der Waals surface area contributed by atoms with Gasteiger partial charge >= 0.3 is 5.97 Å². The van der Waals surface area contributed by atoms with Crippen LogP contribution < -0.4 is 5.32 Å². The number of nitrogens with one attached hydrogen (secondary N) is 1. The molecular weight excluding hydrogens is 274 g/mol. The molecule has 1 atom stereocenters. The predicted molar refractivity (Wildman–Crippen MR) is 79.2 cm³/mol. The molecule has 1 heterocycles. The maximum absolute atomic E-state index is 12.1. The van der Waals surface area contributed by atoms with Crippen molar-refractivity contribution in [2.24, 2.45) is 0 Å². The molecule has 2 N–H and O–H groups in total. The van der Waals surface area contributed by atoms with E-state index in [-0.39, 0.29) is 18.5 Å². The minimum Gasteiger partial charge on any atom is -0.480 e. The third-order valence-corrected chi connectivity index (χ3v) is 3.73. The van der Waals surface area contributed by atoms with Gasteiger partial charge < -0.3 is 15.2 Å². The van der Waals surface area contributed by atoms with Crippen LogP contribution in [0.15, 0.2) is 0 Å². The van der Waals surface area contributed by atoms with E-state index < -0.39 is 5.97 Å². The number of rotatable bonds is 8. The highest BCUT2D eigenvalue weighted by Gasteiger charge is 2.24. The fraction of sp³-hybridized carbons (Fsp3) is 0.857. The number of hydrogen-bond acceptors (Lipinski definition) is 5. The van der Waals surface area contributed by atoms with Crippen molar-refractivity contribution in [3.63, 3.8) is 0 Å². The highest BCUT2D eigenvalue weighted by molar-refractivity contribution is 5.81. The molecule has 7 nitrogen and oxygen atoms in total. The first-order valence-corrected chi connectivity index (χ1v) is 7.49. The Morgan fingerprint density at radius 3 is 2.71 bits per heavy atom. The van der Waals surface area contributed by atoms with Crippen LogP contribution in [0.4, 0.5) is 0 Å². The van der Waals surface area contributed by atoms with Gasteiger partial charge in [-0.2, -0.15) is 0 Å². The van der Waals surface area contributed by atoms with E-state index in [1.165, 1.54) is 0 Å². The molecule has 0 aromatic rings. The lowest BCUT2D eigenvalue weighted by molar-refractivity contribution is -0.138. The van der Waals surface area contributed by atoms with Gasteiger partial charge in [-0.1, -0.05) is 0 Å². The minimum atomic E-state index is -0.799. The van der Waals surface area contributed by atoms with Gasteiger partial charge in [0.25, 0.3) is 0 Å². The molecule has 1 amide bonds. The summed E-state index contributed by atoms with van der Waals surface area (Å²) in [6.07, 6.45) is 1.69. The number of ether oxygens (including phenoxy) is 1. The molecule has 0 radical (unpaired) electrons. The number of carbonyl (C=O) groups excluding carboxylic acids is 1. The van der Waals surface area contributed by atoms with Crippen LogP contribution in [0, 0.1) is 0 Å². The molecule has 0 spiro atoms. The molecular formula is C14H27N3O4. The predicted octanol–water partition coefficient (Wildman–Crippen LogP) is -0.380. The maximum Gasteiger partial charge on any atom is 0.317 e. The van der Waals surface area contributed by atoms with Crippen molar-refractivity contribution >= 4 is 11.9 Å². The van der Waals surface area contributed by atoms with Crippen molar-refractivity contribution in [3.8, 4) is 0 Å². The van der Waals surface area contributed by atoms with Crippen molar-refractivity contribution in [1.82, 2.24) is 15.1 Å². The Bertz CT molecular complexity index is 338. The van der Waals surface area contributed by atoms with Gasteiger partial charge in [0, 0.05) is 46.4 Å². The molecule has 0 aromatic carbocycles. The molecule has 0 aliphatic carbocycles. The summed E-state index contributed by atoms with van der Waals surface area (Å²) in [7, 11) is 1.64. The summed E-state index contributed by atoms with van der Waals surface area (Å²) < 4.78 is 4.95. The highest BCUT2D eigenvalue weighted by atomic mass is 16.5. The van der Waals surface area contributed by atoms with Gasteiger partial charge in [-0.15, -0.1) is 0 Å². The molecule has 1 unspecified atom stereocenters. The Balaban J connectivity index is 2.34. The smallest absolute Gasteiger partial charge is 0.317 e. The normalized spacial score (nSPS) is 19.0. The molecule has 0 bridgehead atoms. The number of hydrogen-bond donors (Lipinski definition) is 2. The van der Waals surface area contributed by atoms with Gasteiger partial charge in [0.2, 0.25) is 5.91 Å². The van der Waals surface area contributed by atoms with Crippen molar-refractivity contribution in [1.29, 1.82) is 0 Å². The van der Waals surface area contributed by atoms with Crippen molar-refractivity contribution in [2.75, 3.05) is 53.0 Å². The molecule has 0 aromatic heterocycles. The summed E-state index contributed by atoms with van der Waals surface area (Å²) in [6, 6.07) is -0.183. The average molecular weight is 301 g/mol. The summed E-state index contributed by atoms with van der Waals surface area (Å²) in [5, 5.41) is 11.7. The number of aliphatic carboxylic acids is 1. The Hall–Kier alpha value is -1.18. The third-order valence-electron chi connectivity index (χ3n) is 3.73. The highest BCUT2D eigenvalue weighted by Crippen LogP contribution is 2.07. The zero-order chi connectivity index (χ0) is 15.7. The lowest BCUT2D eigenvalue weighted by Crippen LogP contribution is -2.47. The van der Waals surface area contributed by atoms with E-state index in [0.717, 1.165) is 32.5 Å². The fourth-order valence-electron chi connectivity index (χ4n) is 2.47. The van der Waals surface area contributed by atoms with Crippen molar-refractivity contribution < 1.29 is 19.4 Å². The fourth-order valence-corrected chi connectivity index (χ4v) is 2.47. The van der Waals surface area contributed by atoms with Crippen LogP contribution in [0.3, 0.4) is 0 Å². The first-order chi connectivity index (χ1) is 10.0. The number of nitrogens with zero attached hydrogens (tertiary/aromatic N) is 2. The minimum absolute atomic E-state index is 0.0257. The standard InChI is InChI=1S/C14H27N3O4/c1-12(14(20)15-5-3-10-21-2)17-7-4-6-16(8-9-17)11-13(18)19/h12H,3-11H2,1-2H3,(H,15,20)(H,18,19). The van der Waals surface area contributed by atoms with Gasteiger partial charge in [-0.3, -0.25) is 19.4 Å². The second kappa shape index (κ2) is 9.70. The lowest BCUT2D eigenvalue weighted by Gasteiger charge is -2.26. The van der Waals surface area contributed by atoms with E-state index in [4.69, 9.17) is 9.84 Å². The van der Waals surface area contributed by atoms with Gasteiger partial charge in [0.05, 0.1) is 12.6 Å². The van der Waals surface area contributed by atoms with Crippen molar-refractivity contribution in [2.45, 2.75) is 25.8 Å². The SMILES string of the molecule is COCCCNC(=O)C(C)N1CCCN(CC(=O)O)CC1. The van der Waals surface area contributed by atoms with Crippen LogP contribution in [-0.2, 0) is 14.3 Å². The molecule has 1 fully saturated rings. The van der Waals surface area contributed by atoms with Crippen LogP contribution in [-0.4, -0.2) is 85.8 Å². The Morgan fingerprint density at radius 2 is 2.05 bits per heavy atom. The van der Waals surface area contributed by atoms with Crippen LogP contribution in [0.25, 0.3) is 0 Å². The summed E-state index contributed by atoms with van der Waals surface area (Å²) in [5.74, 6) is -0.773. The lowest BCUT2D eigenvalue weighted by atomic mass is 10.2. The topological polar surface area (TPSA) is 82.1 Å². The first-order valence-electron chi connectivity index (χ1n) is 7.49. The van der Waals surface area contributed by atoms with Crippen LogP contribution in [0.1, 0.15) is 19.8 Å². The largest absolute Gasteiger partial charge is 0.480 e. The number of carboxylic acids is 1. The molecule has 122 valence electrons. The molecule has 0 saturated carbocycles. The Kier molecular flexibility index (Phi) is 8.26. The summed E-state index contributed by atoms with van der Waals surface area (Å²) in [4.78, 5) is 26.9. The van der Waals surface area contributed by atoms with Gasteiger partial charge in [-0.25, -0.2) is 0 Å². The molecule has 7 heteroatoms.